The van der Waals surface area contributed by atoms with E-state index in [9.17, 15) is 19.2 Å². The van der Waals surface area contributed by atoms with E-state index in [1.165, 1.54) is 0 Å². The largest absolute Gasteiger partial charge is 0.464 e. The number of alkyl carbamates (subject to hydrolysis) is 1. The fourth-order valence-corrected chi connectivity index (χ4v) is 3.54. The number of rotatable bonds is 11. The fraction of sp³-hybridized carbons (Fsp3) is 0.308. The molecule has 0 fully saturated rings. The standard InChI is InChI=1S/C26H29N3O7/c1-3-34-24(31)22(25(32)35-4-2)29-23(30)21(14-18-15-27-20-13-9-8-12-19(18)20)28-26(33)36-16-17-10-6-5-7-11-17/h5-13,15,21-22,27H,3-4,14,16H2,1-2H3,(H,28,33)(H,29,30)/t21-/m1/s1. The molecule has 0 unspecified atom stereocenters. The highest BCUT2D eigenvalue weighted by atomic mass is 16.6. The molecule has 2 aromatic carbocycles. The number of amides is 2. The van der Waals surface area contributed by atoms with E-state index in [1.54, 1.807) is 32.2 Å². The van der Waals surface area contributed by atoms with Gasteiger partial charge in [0.1, 0.15) is 12.6 Å². The predicted molar refractivity (Wildman–Crippen MR) is 131 cm³/mol. The predicted octanol–water partition coefficient (Wildman–Crippen LogP) is 2.62. The maximum absolute atomic E-state index is 13.2. The number of hydrogen-bond donors (Lipinski definition) is 3. The van der Waals surface area contributed by atoms with Crippen LogP contribution in [0.25, 0.3) is 10.9 Å². The van der Waals surface area contributed by atoms with Crippen molar-refractivity contribution in [1.29, 1.82) is 0 Å². The SMILES string of the molecule is CCOC(=O)C(NC(=O)[C@@H](Cc1c[nH]c2ccccc12)NC(=O)OCc1ccccc1)C(=O)OCC. The summed E-state index contributed by atoms with van der Waals surface area (Å²) in [5.41, 5.74) is 2.38. The van der Waals surface area contributed by atoms with Gasteiger partial charge in [-0.1, -0.05) is 48.5 Å². The first-order valence-electron chi connectivity index (χ1n) is 11.6. The first kappa shape index (κ1) is 26.3. The smallest absolute Gasteiger partial charge is 0.408 e. The van der Waals surface area contributed by atoms with Crippen LogP contribution in [0, 0.1) is 0 Å². The Balaban J connectivity index is 1.79. The summed E-state index contributed by atoms with van der Waals surface area (Å²) in [4.78, 5) is 53.6. The summed E-state index contributed by atoms with van der Waals surface area (Å²) in [6.45, 7) is 3.17. The molecule has 0 aliphatic rings. The van der Waals surface area contributed by atoms with E-state index < -0.39 is 36.0 Å². The lowest BCUT2D eigenvalue weighted by Gasteiger charge is -2.21. The average Bonchev–Trinajstić information content (AvgIpc) is 3.29. The van der Waals surface area contributed by atoms with E-state index in [0.29, 0.717) is 0 Å². The molecule has 0 aliphatic heterocycles. The van der Waals surface area contributed by atoms with Crippen LogP contribution in [-0.4, -0.2) is 54.2 Å². The Morgan fingerprint density at radius 3 is 2.14 bits per heavy atom. The number of aromatic nitrogens is 1. The molecule has 36 heavy (non-hydrogen) atoms. The van der Waals surface area contributed by atoms with Crippen LogP contribution in [-0.2, 0) is 41.6 Å². The number of ether oxygens (including phenoxy) is 3. The van der Waals surface area contributed by atoms with Gasteiger partial charge in [-0.25, -0.2) is 14.4 Å². The van der Waals surface area contributed by atoms with Gasteiger partial charge >= 0.3 is 18.0 Å². The number of aromatic amines is 1. The van der Waals surface area contributed by atoms with Gasteiger partial charge in [-0.3, -0.25) is 4.79 Å². The summed E-state index contributed by atoms with van der Waals surface area (Å²) in [5, 5.41) is 5.77. The molecule has 0 saturated carbocycles. The Kier molecular flexibility index (Phi) is 9.44. The molecule has 3 N–H and O–H groups in total. The third kappa shape index (κ3) is 7.08. The molecule has 3 rings (SSSR count). The van der Waals surface area contributed by atoms with E-state index in [4.69, 9.17) is 14.2 Å². The van der Waals surface area contributed by atoms with Crippen molar-refractivity contribution >= 4 is 34.8 Å². The third-order valence-electron chi connectivity index (χ3n) is 5.25. The van der Waals surface area contributed by atoms with Gasteiger partial charge < -0.3 is 29.8 Å². The van der Waals surface area contributed by atoms with Gasteiger partial charge in [-0.15, -0.1) is 0 Å². The maximum Gasteiger partial charge on any atom is 0.408 e. The Bertz CT molecular complexity index is 1170. The van der Waals surface area contributed by atoms with Crippen LogP contribution in [0.3, 0.4) is 0 Å². The first-order chi connectivity index (χ1) is 17.4. The van der Waals surface area contributed by atoms with Crippen LogP contribution >= 0.6 is 0 Å². The monoisotopic (exact) mass is 495 g/mol. The molecule has 190 valence electrons. The number of carbonyl (C=O) groups excluding carboxylic acids is 4. The van der Waals surface area contributed by atoms with Gasteiger partial charge in [-0.05, 0) is 31.0 Å². The van der Waals surface area contributed by atoms with Gasteiger partial charge in [0.15, 0.2) is 0 Å². The van der Waals surface area contributed by atoms with E-state index in [0.717, 1.165) is 22.0 Å². The molecule has 0 bridgehead atoms. The van der Waals surface area contributed by atoms with Gasteiger partial charge in [0.05, 0.1) is 13.2 Å². The molecule has 2 amide bonds. The minimum absolute atomic E-state index is 0.00236. The highest BCUT2D eigenvalue weighted by Gasteiger charge is 2.34. The molecule has 10 heteroatoms. The number of carbonyl (C=O) groups is 4. The van der Waals surface area contributed by atoms with Crippen LogP contribution in [0.2, 0.25) is 0 Å². The molecule has 1 atom stereocenters. The lowest BCUT2D eigenvalue weighted by atomic mass is 10.0. The lowest BCUT2D eigenvalue weighted by molar-refractivity contribution is -0.159. The topological polar surface area (TPSA) is 136 Å². The van der Waals surface area contributed by atoms with Crippen LogP contribution in [0.15, 0.2) is 60.8 Å². The zero-order chi connectivity index (χ0) is 25.9. The van der Waals surface area contributed by atoms with Gasteiger partial charge in [0, 0.05) is 23.5 Å². The third-order valence-corrected chi connectivity index (χ3v) is 5.25. The van der Waals surface area contributed by atoms with Crippen molar-refractivity contribution in [3.63, 3.8) is 0 Å². The minimum Gasteiger partial charge on any atom is -0.464 e. The molecule has 0 spiro atoms. The second-order valence-electron chi connectivity index (χ2n) is 7.77. The highest BCUT2D eigenvalue weighted by molar-refractivity contribution is 6.03. The fourth-order valence-electron chi connectivity index (χ4n) is 3.54. The summed E-state index contributed by atoms with van der Waals surface area (Å²) < 4.78 is 15.1. The summed E-state index contributed by atoms with van der Waals surface area (Å²) in [6, 6.07) is 13.7. The van der Waals surface area contributed by atoms with Crippen molar-refractivity contribution in [2.45, 2.75) is 39.0 Å². The van der Waals surface area contributed by atoms with E-state index in [-0.39, 0.29) is 26.2 Å². The Hall–Kier alpha value is -4.34. The van der Waals surface area contributed by atoms with Crippen LogP contribution in [0.4, 0.5) is 4.79 Å². The normalized spacial score (nSPS) is 11.5. The van der Waals surface area contributed by atoms with Crippen molar-refractivity contribution < 1.29 is 33.4 Å². The molecule has 1 heterocycles. The average molecular weight is 496 g/mol. The Morgan fingerprint density at radius 1 is 0.833 bits per heavy atom. The zero-order valence-electron chi connectivity index (χ0n) is 20.1. The number of esters is 2. The van der Waals surface area contributed by atoms with Crippen molar-refractivity contribution in [3.8, 4) is 0 Å². The molecule has 0 aliphatic carbocycles. The number of H-pyrrole nitrogens is 1. The number of hydrogen-bond acceptors (Lipinski definition) is 7. The molecular weight excluding hydrogens is 466 g/mol. The molecule has 10 nitrogen and oxygen atoms in total. The highest BCUT2D eigenvalue weighted by Crippen LogP contribution is 2.19. The van der Waals surface area contributed by atoms with Gasteiger partial charge in [0.25, 0.3) is 0 Å². The molecule has 0 radical (unpaired) electrons. The quantitative estimate of drug-likeness (QED) is 0.211. The molecular formula is C26H29N3O7. The van der Waals surface area contributed by atoms with Crippen molar-refractivity contribution in [1.82, 2.24) is 15.6 Å². The summed E-state index contributed by atoms with van der Waals surface area (Å²) in [7, 11) is 0. The van der Waals surface area contributed by atoms with Gasteiger partial charge in [-0.2, -0.15) is 0 Å². The van der Waals surface area contributed by atoms with Crippen LogP contribution < -0.4 is 10.6 Å². The maximum atomic E-state index is 13.2. The van der Waals surface area contributed by atoms with E-state index >= 15 is 0 Å². The number of nitrogens with one attached hydrogen (secondary N) is 3. The van der Waals surface area contributed by atoms with E-state index in [2.05, 4.69) is 15.6 Å². The minimum atomic E-state index is -1.68. The summed E-state index contributed by atoms with van der Waals surface area (Å²) in [5.74, 6) is -2.69. The molecule has 1 aromatic heterocycles. The van der Waals surface area contributed by atoms with E-state index in [1.807, 2.05) is 42.5 Å². The molecule has 3 aromatic rings. The lowest BCUT2D eigenvalue weighted by Crippen LogP contribution is -2.55. The Labute approximate surface area is 208 Å². The second kappa shape index (κ2) is 12.9. The number of benzene rings is 2. The van der Waals surface area contributed by atoms with Crippen molar-refractivity contribution in [2.24, 2.45) is 0 Å². The number of para-hydroxylation sites is 1. The van der Waals surface area contributed by atoms with Crippen LogP contribution in [0.1, 0.15) is 25.0 Å². The van der Waals surface area contributed by atoms with Crippen molar-refractivity contribution in [3.05, 3.63) is 71.9 Å². The molecule has 0 saturated heterocycles. The second-order valence-corrected chi connectivity index (χ2v) is 7.77. The summed E-state index contributed by atoms with van der Waals surface area (Å²) >= 11 is 0. The zero-order valence-corrected chi connectivity index (χ0v) is 20.1. The first-order valence-corrected chi connectivity index (χ1v) is 11.6. The number of fused-ring (bicyclic) bond motifs is 1. The van der Waals surface area contributed by atoms with Gasteiger partial charge in [0.2, 0.25) is 11.9 Å². The van der Waals surface area contributed by atoms with Crippen LogP contribution in [0.5, 0.6) is 0 Å². The summed E-state index contributed by atoms with van der Waals surface area (Å²) in [6.07, 6.45) is 0.966. The van der Waals surface area contributed by atoms with Crippen molar-refractivity contribution in [2.75, 3.05) is 13.2 Å². The Morgan fingerprint density at radius 2 is 1.47 bits per heavy atom.